The van der Waals surface area contributed by atoms with E-state index in [1.54, 1.807) is 4.90 Å². The number of ether oxygens (including phenoxy) is 1. The second kappa shape index (κ2) is 20.7. The van der Waals surface area contributed by atoms with Crippen LogP contribution in [0.2, 0.25) is 0 Å². The predicted molar refractivity (Wildman–Crippen MR) is 273 cm³/mol. The second-order valence-corrected chi connectivity index (χ2v) is 19.8. The molecule has 13 rings (SSSR count). The van der Waals surface area contributed by atoms with Gasteiger partial charge in [0.25, 0.3) is 0 Å². The number of benzene rings is 5. The van der Waals surface area contributed by atoms with Crippen molar-refractivity contribution in [2.75, 3.05) is 45.8 Å². The molecule has 3 atom stereocenters. The second-order valence-electron chi connectivity index (χ2n) is 19.8. The van der Waals surface area contributed by atoms with Gasteiger partial charge in [-0.05, 0) is 159 Å². The van der Waals surface area contributed by atoms with Gasteiger partial charge in [0.15, 0.2) is 0 Å². The van der Waals surface area contributed by atoms with Crippen molar-refractivity contribution in [3.8, 4) is 0 Å². The molecule has 1 amide bonds. The molecular weight excluding hydrogens is 877 g/mol. The Morgan fingerprint density at radius 3 is 1.74 bits per heavy atom. The molecule has 3 unspecified atom stereocenters. The Balaban J connectivity index is 0.000000113. The van der Waals surface area contributed by atoms with Crippen LogP contribution >= 0.6 is 0 Å². The minimum absolute atomic E-state index is 0.229. The van der Waals surface area contributed by atoms with Gasteiger partial charge < -0.3 is 15.0 Å². The van der Waals surface area contributed by atoms with Crippen molar-refractivity contribution in [2.24, 2.45) is 0 Å². The molecule has 4 N–H and O–H groups in total. The van der Waals surface area contributed by atoms with E-state index < -0.39 is 5.60 Å². The first-order chi connectivity index (χ1) is 34.1. The van der Waals surface area contributed by atoms with Gasteiger partial charge in [0.2, 0.25) is 0 Å². The minimum atomic E-state index is -0.450. The number of nitrogens with one attached hydrogen (secondary N) is 4. The van der Waals surface area contributed by atoms with Gasteiger partial charge in [-0.3, -0.25) is 9.69 Å². The highest BCUT2D eigenvalue weighted by molar-refractivity contribution is 6.09. The number of aromatic amines is 3. The summed E-state index contributed by atoms with van der Waals surface area (Å²) in [6.45, 7) is 12.7. The van der Waals surface area contributed by atoms with E-state index in [0.29, 0.717) is 24.3 Å². The molecule has 0 spiro atoms. The van der Waals surface area contributed by atoms with Crippen molar-refractivity contribution in [3.05, 3.63) is 154 Å². The lowest BCUT2D eigenvalue weighted by Crippen LogP contribution is -2.35. The molecule has 70 heavy (non-hydrogen) atoms. The third-order valence-corrected chi connectivity index (χ3v) is 13.9. The standard InChI is InChI=1S/C20H20N4.C15H20N4O2.C10H12N4.C10H8O/c1-2-4-18-14(3-1)5-6-17(18)13-24-10-9-16(12-24)15-7-8-19-20(11-15)22-23-21-19;1-15(2,3)21-14(20)19-7-6-11(9-19)10-4-5-12-13(8-10)17-18-16-12;1-2-9-10(13-14-12-9)5-7(1)8-3-4-11-6-8;11-7-9-6-5-8-3-1-2-4-10(8)9/h1-4,6-8,11,16H,5,9-10,12-13H2,(H,21,22,23);4-5,8,11H,6-7,9H2,1-3H3,(H,16,17,18);1-2,5,8,11H,3-4,6H2,(H,12,13,14);1-4,6-7H,5H2. The van der Waals surface area contributed by atoms with E-state index in [1.807, 2.05) is 63.2 Å². The molecule has 3 saturated heterocycles. The zero-order valence-electron chi connectivity index (χ0n) is 40.1. The van der Waals surface area contributed by atoms with Crippen LogP contribution in [0.4, 0.5) is 4.79 Å². The Morgan fingerprint density at radius 2 is 1.16 bits per heavy atom. The number of amides is 1. The summed E-state index contributed by atoms with van der Waals surface area (Å²) in [5.74, 6) is 1.58. The summed E-state index contributed by atoms with van der Waals surface area (Å²) in [5, 5.41) is 36.0. The van der Waals surface area contributed by atoms with Crippen LogP contribution in [0, 0.1) is 0 Å². The molecule has 3 aromatic heterocycles. The number of hydrogen-bond donors (Lipinski definition) is 4. The van der Waals surface area contributed by atoms with E-state index in [4.69, 9.17) is 4.74 Å². The van der Waals surface area contributed by atoms with E-state index in [9.17, 15) is 9.59 Å². The van der Waals surface area contributed by atoms with Crippen LogP contribution in [0.3, 0.4) is 0 Å². The van der Waals surface area contributed by atoms with E-state index in [2.05, 4.69) is 129 Å². The number of aldehydes is 1. The first kappa shape index (κ1) is 46.4. The number of carbonyl (C=O) groups is 2. The molecule has 5 aliphatic rings. The number of hydrogen-bond acceptors (Lipinski definition) is 11. The van der Waals surface area contributed by atoms with Crippen molar-refractivity contribution in [1.29, 1.82) is 0 Å². The average molecular weight is 937 g/mol. The topological polar surface area (TPSA) is 187 Å². The van der Waals surface area contributed by atoms with Gasteiger partial charge in [0.05, 0.1) is 0 Å². The van der Waals surface area contributed by atoms with Crippen LogP contribution < -0.4 is 5.32 Å². The van der Waals surface area contributed by atoms with Crippen molar-refractivity contribution in [1.82, 2.24) is 61.3 Å². The summed E-state index contributed by atoms with van der Waals surface area (Å²) >= 11 is 0. The summed E-state index contributed by atoms with van der Waals surface area (Å²) in [5.41, 5.74) is 16.7. The van der Waals surface area contributed by atoms with Crippen molar-refractivity contribution in [2.45, 2.75) is 76.2 Å². The Bertz CT molecular complexity index is 3170. The number of H-pyrrole nitrogens is 3. The quantitative estimate of drug-likeness (QED) is 0.117. The molecule has 0 bridgehead atoms. The highest BCUT2D eigenvalue weighted by atomic mass is 16.6. The Kier molecular flexibility index (Phi) is 13.7. The van der Waals surface area contributed by atoms with Crippen LogP contribution in [0.1, 0.15) is 96.7 Å². The zero-order valence-corrected chi connectivity index (χ0v) is 40.1. The molecule has 15 nitrogen and oxygen atoms in total. The predicted octanol–water partition coefficient (Wildman–Crippen LogP) is 8.93. The molecule has 8 aromatic rings. The van der Waals surface area contributed by atoms with Gasteiger partial charge >= 0.3 is 6.09 Å². The van der Waals surface area contributed by atoms with Crippen LogP contribution in [-0.4, -0.2) is 120 Å². The smallest absolute Gasteiger partial charge is 0.410 e. The maximum Gasteiger partial charge on any atom is 0.410 e. The number of carbonyl (C=O) groups excluding carboxylic acids is 2. The Morgan fingerprint density at radius 1 is 0.629 bits per heavy atom. The molecule has 6 heterocycles. The molecule has 0 saturated carbocycles. The molecule has 3 aliphatic heterocycles. The number of allylic oxidation sites excluding steroid dienone is 3. The monoisotopic (exact) mass is 936 g/mol. The summed E-state index contributed by atoms with van der Waals surface area (Å²) in [4.78, 5) is 27.0. The molecule has 358 valence electrons. The Hall–Kier alpha value is -7.36. The van der Waals surface area contributed by atoms with Crippen LogP contribution in [-0.2, 0) is 22.4 Å². The van der Waals surface area contributed by atoms with Crippen LogP contribution in [0.5, 0.6) is 0 Å². The van der Waals surface area contributed by atoms with E-state index in [1.165, 1.54) is 58.3 Å². The summed E-state index contributed by atoms with van der Waals surface area (Å²) < 4.78 is 5.42. The largest absolute Gasteiger partial charge is 0.444 e. The number of nitrogens with zero attached hydrogens (tertiary/aromatic N) is 8. The highest BCUT2D eigenvalue weighted by Gasteiger charge is 2.31. The fourth-order valence-corrected chi connectivity index (χ4v) is 10.2. The van der Waals surface area contributed by atoms with Crippen molar-refractivity contribution in [3.63, 3.8) is 0 Å². The first-order valence-electron chi connectivity index (χ1n) is 24.5. The first-order valence-corrected chi connectivity index (χ1v) is 24.5. The van der Waals surface area contributed by atoms with Crippen molar-refractivity contribution >= 4 is 56.6 Å². The van der Waals surface area contributed by atoms with Gasteiger partial charge in [-0.15, -0.1) is 0 Å². The maximum absolute atomic E-state index is 12.1. The molecule has 3 fully saturated rings. The van der Waals surface area contributed by atoms with Gasteiger partial charge in [-0.25, -0.2) is 4.79 Å². The summed E-state index contributed by atoms with van der Waals surface area (Å²) in [6, 6.07) is 35.7. The lowest BCUT2D eigenvalue weighted by Gasteiger charge is -2.24. The fraction of sp³-hybridized carbons (Fsp3) is 0.345. The lowest BCUT2D eigenvalue weighted by molar-refractivity contribution is -0.103. The Labute approximate surface area is 407 Å². The van der Waals surface area contributed by atoms with Gasteiger partial charge in [0.1, 0.15) is 45.0 Å². The summed E-state index contributed by atoms with van der Waals surface area (Å²) in [7, 11) is 0. The van der Waals surface area contributed by atoms with E-state index in [-0.39, 0.29) is 6.09 Å². The number of aromatic nitrogens is 9. The van der Waals surface area contributed by atoms with E-state index >= 15 is 0 Å². The van der Waals surface area contributed by atoms with Gasteiger partial charge in [-0.2, -0.15) is 46.2 Å². The minimum Gasteiger partial charge on any atom is -0.444 e. The van der Waals surface area contributed by atoms with Crippen LogP contribution in [0.25, 0.3) is 44.2 Å². The number of likely N-dealkylation sites (tertiary alicyclic amines) is 2. The van der Waals surface area contributed by atoms with Crippen LogP contribution in [0.15, 0.2) is 115 Å². The zero-order chi connectivity index (χ0) is 48.0. The van der Waals surface area contributed by atoms with Gasteiger partial charge in [0, 0.05) is 44.2 Å². The highest BCUT2D eigenvalue weighted by Crippen LogP contribution is 2.34. The molecule has 0 radical (unpaired) electrons. The number of fused-ring (bicyclic) bond motifs is 5. The molecular formula is C55H60N12O3. The summed E-state index contributed by atoms with van der Waals surface area (Å²) in [6.07, 6.45) is 10.5. The fourth-order valence-electron chi connectivity index (χ4n) is 10.2. The average Bonchev–Trinajstić information content (AvgIpc) is 4.22. The maximum atomic E-state index is 12.1. The number of rotatable bonds is 6. The molecule has 15 heteroatoms. The normalized spacial score (nSPS) is 19.4. The molecule has 5 aromatic carbocycles. The lowest BCUT2D eigenvalue weighted by atomic mass is 9.98. The SMILES string of the molecule is C1=C(CN2CCC(c3ccc4n[nH]nc4c3)C2)c2ccccc2C1.CC(C)(C)OC(=O)N1CCC(c2ccc3n[nH]nc3c2)C1.O=CC1=CCc2ccccc21.c1cc2n[nH]nc2cc1C1CCNC1. The molecule has 2 aliphatic carbocycles. The van der Waals surface area contributed by atoms with Crippen molar-refractivity contribution < 1.29 is 14.3 Å². The van der Waals surface area contributed by atoms with Gasteiger partial charge in [-0.1, -0.05) is 78.9 Å². The van der Waals surface area contributed by atoms with E-state index in [0.717, 1.165) is 103 Å². The third-order valence-electron chi connectivity index (χ3n) is 13.9. The third kappa shape index (κ3) is 10.8.